The van der Waals surface area contributed by atoms with Crippen LogP contribution in [0.15, 0.2) is 18.2 Å². The minimum Gasteiger partial charge on any atom is -0.481 e. The Balaban J connectivity index is 0.000000535. The Morgan fingerprint density at radius 1 is 1.19 bits per heavy atom. The molecule has 0 atom stereocenters. The molecule has 9 heteroatoms. The van der Waals surface area contributed by atoms with Crippen LogP contribution in [0.25, 0.3) is 10.6 Å². The van der Waals surface area contributed by atoms with Crippen LogP contribution in [0.1, 0.15) is 47.9 Å². The number of piperidine rings is 1. The lowest BCUT2D eigenvalue weighted by Gasteiger charge is -2.42. The summed E-state index contributed by atoms with van der Waals surface area (Å²) in [6.45, 7) is 2.85. The van der Waals surface area contributed by atoms with Gasteiger partial charge >= 0.3 is 0 Å². The molecule has 0 bridgehead atoms. The molecule has 7 nitrogen and oxygen atoms in total. The third-order valence-electron chi connectivity index (χ3n) is 6.15. The van der Waals surface area contributed by atoms with Crippen molar-refractivity contribution in [2.75, 3.05) is 26.0 Å². The summed E-state index contributed by atoms with van der Waals surface area (Å²) in [6, 6.07) is 6.68. The van der Waals surface area contributed by atoms with E-state index in [1.807, 2.05) is 0 Å². The first-order valence-corrected chi connectivity index (χ1v) is 13.3. The van der Waals surface area contributed by atoms with E-state index in [2.05, 4.69) is 18.2 Å². The summed E-state index contributed by atoms with van der Waals surface area (Å²) >= 11 is 1.79. The quantitative estimate of drug-likeness (QED) is 0.733. The van der Waals surface area contributed by atoms with Crippen molar-refractivity contribution in [1.29, 1.82) is 0 Å². The number of hydrogen-bond donors (Lipinski definition) is 1. The first kappa shape index (κ1) is 22.4. The van der Waals surface area contributed by atoms with E-state index in [4.69, 9.17) is 19.6 Å². The molecule has 4 heterocycles. The predicted molar refractivity (Wildman–Crippen MR) is 120 cm³/mol. The van der Waals surface area contributed by atoms with Crippen molar-refractivity contribution in [1.82, 2.24) is 9.29 Å². The highest BCUT2D eigenvalue weighted by Gasteiger charge is 2.43. The second-order valence-corrected chi connectivity index (χ2v) is 11.4. The van der Waals surface area contributed by atoms with Gasteiger partial charge in [0.25, 0.3) is 5.97 Å². The zero-order chi connectivity index (χ0) is 22.2. The Labute approximate surface area is 187 Å². The van der Waals surface area contributed by atoms with E-state index in [0.29, 0.717) is 19.7 Å². The first-order chi connectivity index (χ1) is 14.7. The third kappa shape index (κ3) is 4.69. The molecule has 0 aromatic carbocycles. The average Bonchev–Trinajstić information content (AvgIpc) is 3.34. The van der Waals surface area contributed by atoms with Gasteiger partial charge in [-0.3, -0.25) is 9.78 Å². The normalized spacial score (nSPS) is 19.9. The molecule has 1 N–H and O–H groups in total. The summed E-state index contributed by atoms with van der Waals surface area (Å²) in [5.74, 6) is -0.833. The van der Waals surface area contributed by atoms with Crippen molar-refractivity contribution >= 4 is 27.3 Å². The second kappa shape index (κ2) is 8.61. The molecule has 0 amide bonds. The predicted octanol–water partition coefficient (Wildman–Crippen LogP) is 3.21. The number of pyridine rings is 1. The minimum atomic E-state index is -3.13. The van der Waals surface area contributed by atoms with Gasteiger partial charge in [-0.2, -0.15) is 0 Å². The highest BCUT2D eigenvalue weighted by molar-refractivity contribution is 7.88. The highest BCUT2D eigenvalue weighted by atomic mass is 32.2. The van der Waals surface area contributed by atoms with E-state index in [1.165, 1.54) is 39.3 Å². The second-order valence-electron chi connectivity index (χ2n) is 8.39. The van der Waals surface area contributed by atoms with Crippen LogP contribution in [0.5, 0.6) is 0 Å². The van der Waals surface area contributed by atoms with Gasteiger partial charge in [0.05, 0.1) is 23.4 Å². The van der Waals surface area contributed by atoms with Crippen molar-refractivity contribution in [3.05, 3.63) is 39.9 Å². The van der Waals surface area contributed by atoms with Gasteiger partial charge in [0.2, 0.25) is 10.0 Å². The first-order valence-electron chi connectivity index (χ1n) is 10.6. The lowest BCUT2D eigenvalue weighted by atomic mass is 9.86. The van der Waals surface area contributed by atoms with E-state index >= 15 is 0 Å². The topological polar surface area (TPSA) is 96.8 Å². The molecule has 1 saturated heterocycles. The van der Waals surface area contributed by atoms with E-state index in [-0.39, 0.29) is 5.60 Å². The van der Waals surface area contributed by atoms with E-state index in [1.54, 1.807) is 15.6 Å². The van der Waals surface area contributed by atoms with E-state index in [0.717, 1.165) is 44.7 Å². The molecule has 2 aromatic rings. The monoisotopic (exact) mass is 464 g/mol. The number of carbonyl (C=O) groups is 1. The van der Waals surface area contributed by atoms with Crippen molar-refractivity contribution in [3.63, 3.8) is 0 Å². The zero-order valence-electron chi connectivity index (χ0n) is 17.9. The van der Waals surface area contributed by atoms with Crippen LogP contribution in [0.2, 0.25) is 0 Å². The number of sulfonamides is 1. The number of nitrogens with zero attached hydrogens (tertiary/aromatic N) is 2. The Hall–Kier alpha value is -1.81. The average molecular weight is 465 g/mol. The van der Waals surface area contributed by atoms with Gasteiger partial charge in [-0.25, -0.2) is 12.7 Å². The van der Waals surface area contributed by atoms with Crippen LogP contribution >= 0.6 is 11.3 Å². The van der Waals surface area contributed by atoms with E-state index < -0.39 is 16.0 Å². The van der Waals surface area contributed by atoms with Crippen LogP contribution < -0.4 is 0 Å². The largest absolute Gasteiger partial charge is 0.481 e. The van der Waals surface area contributed by atoms with Crippen molar-refractivity contribution < 1.29 is 23.1 Å². The molecule has 2 aliphatic heterocycles. The lowest BCUT2D eigenvalue weighted by molar-refractivity contribution is -0.134. The number of rotatable bonds is 2. The number of fused-ring (bicyclic) bond motifs is 3. The van der Waals surface area contributed by atoms with Gasteiger partial charge in [-0.05, 0) is 61.8 Å². The van der Waals surface area contributed by atoms with Crippen LogP contribution in [-0.2, 0) is 44.4 Å². The summed E-state index contributed by atoms with van der Waals surface area (Å²) < 4.78 is 31.6. The van der Waals surface area contributed by atoms with Gasteiger partial charge in [0, 0.05) is 30.6 Å². The summed E-state index contributed by atoms with van der Waals surface area (Å²) in [4.78, 5) is 16.4. The van der Waals surface area contributed by atoms with Gasteiger partial charge in [0.1, 0.15) is 5.60 Å². The molecular weight excluding hydrogens is 436 g/mol. The number of ether oxygens (including phenoxy) is 1. The van der Waals surface area contributed by atoms with Gasteiger partial charge in [0.15, 0.2) is 0 Å². The number of carboxylic acid groups (broad SMARTS) is 1. The summed E-state index contributed by atoms with van der Waals surface area (Å²) in [7, 11) is -3.13. The molecule has 31 heavy (non-hydrogen) atoms. The number of aryl methyl sites for hydroxylation is 2. The molecule has 168 valence electrons. The molecule has 0 saturated carbocycles. The SMILES string of the molecule is CC(=O)O.CS(=O)(=O)N1CCC2(CC1)OCCc1cc(-c3ccc4c(n3)CCC4)sc12. The van der Waals surface area contributed by atoms with Crippen LogP contribution in [0, 0.1) is 0 Å². The van der Waals surface area contributed by atoms with Crippen molar-refractivity contribution in [2.45, 2.75) is 51.0 Å². The fourth-order valence-electron chi connectivity index (χ4n) is 4.66. The van der Waals surface area contributed by atoms with Gasteiger partial charge < -0.3 is 9.84 Å². The fraction of sp³-hybridized carbons (Fsp3) is 0.545. The fourth-order valence-corrected chi connectivity index (χ4v) is 6.88. The Morgan fingerprint density at radius 2 is 1.90 bits per heavy atom. The lowest BCUT2D eigenvalue weighted by Crippen LogP contribution is -2.47. The van der Waals surface area contributed by atoms with Crippen molar-refractivity contribution in [3.8, 4) is 10.6 Å². The maximum absolute atomic E-state index is 11.9. The smallest absolute Gasteiger partial charge is 0.300 e. The molecule has 5 rings (SSSR count). The van der Waals surface area contributed by atoms with Crippen LogP contribution in [0.4, 0.5) is 0 Å². The van der Waals surface area contributed by atoms with E-state index in [9.17, 15) is 8.42 Å². The molecule has 3 aliphatic rings. The number of carboxylic acids is 1. The minimum absolute atomic E-state index is 0.325. The van der Waals surface area contributed by atoms with Gasteiger partial charge in [-0.1, -0.05) is 6.07 Å². The molecule has 2 aromatic heterocycles. The zero-order valence-corrected chi connectivity index (χ0v) is 19.5. The molecule has 0 radical (unpaired) electrons. The Bertz CT molecular complexity index is 1080. The standard InChI is InChI=1S/C20H24N2O3S2.C2H4O2/c1-27(23,24)22-10-8-20(9-11-22)19-15(7-12-25-20)13-18(26-19)17-6-5-14-3-2-4-16(14)21-17;1-2(3)4/h5-6,13H,2-4,7-12H2,1H3;1H3,(H,3,4). The molecule has 1 spiro atoms. The van der Waals surface area contributed by atoms with Crippen molar-refractivity contribution in [2.24, 2.45) is 0 Å². The molecular formula is C22H28N2O5S2. The summed E-state index contributed by atoms with van der Waals surface area (Å²) in [5, 5.41) is 7.42. The maximum atomic E-state index is 11.9. The number of thiophene rings is 1. The number of hydrogen-bond acceptors (Lipinski definition) is 6. The third-order valence-corrected chi connectivity index (χ3v) is 8.84. The van der Waals surface area contributed by atoms with Crippen LogP contribution in [-0.4, -0.2) is 54.7 Å². The Kier molecular flexibility index (Phi) is 6.22. The van der Waals surface area contributed by atoms with Gasteiger partial charge in [-0.15, -0.1) is 11.3 Å². The summed E-state index contributed by atoms with van der Waals surface area (Å²) in [5.41, 5.74) is 4.75. The summed E-state index contributed by atoms with van der Waals surface area (Å²) in [6.07, 6.45) is 7.12. The number of aromatic nitrogens is 1. The Morgan fingerprint density at radius 3 is 2.58 bits per heavy atom. The number of aliphatic carboxylic acids is 1. The molecule has 1 aliphatic carbocycles. The van der Waals surface area contributed by atoms with Crippen LogP contribution in [0.3, 0.4) is 0 Å². The maximum Gasteiger partial charge on any atom is 0.300 e. The molecule has 1 fully saturated rings. The highest BCUT2D eigenvalue weighted by Crippen LogP contribution is 2.47. The molecule has 0 unspecified atom stereocenters.